The third-order valence-electron chi connectivity index (χ3n) is 4.67. The van der Waals surface area contributed by atoms with Gasteiger partial charge < -0.3 is 9.42 Å². The van der Waals surface area contributed by atoms with E-state index in [2.05, 4.69) is 15.0 Å². The minimum Gasteiger partial charge on any atom is -0.336 e. The van der Waals surface area contributed by atoms with Crippen LogP contribution in [0.15, 0.2) is 53.1 Å². The number of rotatable bonds is 4. The molecule has 1 aliphatic rings. The van der Waals surface area contributed by atoms with E-state index < -0.39 is 0 Å². The quantitative estimate of drug-likeness (QED) is 0.642. The SMILES string of the molecule is O=C(c1ccccc1)N1CCN(Cc2noc(-c3ccc(Cl)cc3Cl)n2)CC1. The Morgan fingerprint density at radius 2 is 1.79 bits per heavy atom. The van der Waals surface area contributed by atoms with Crippen LogP contribution in [0, 0.1) is 0 Å². The van der Waals surface area contributed by atoms with E-state index in [1.54, 1.807) is 18.2 Å². The molecule has 4 rings (SSSR count). The Balaban J connectivity index is 1.35. The van der Waals surface area contributed by atoms with Gasteiger partial charge >= 0.3 is 0 Å². The minimum absolute atomic E-state index is 0.0690. The fraction of sp³-hybridized carbons (Fsp3) is 0.250. The fourth-order valence-corrected chi connectivity index (χ4v) is 3.65. The number of hydrogen-bond donors (Lipinski definition) is 0. The number of piperazine rings is 1. The average Bonchev–Trinajstić information content (AvgIpc) is 3.17. The maximum absolute atomic E-state index is 12.5. The Kier molecular flexibility index (Phi) is 5.62. The predicted molar refractivity (Wildman–Crippen MR) is 107 cm³/mol. The summed E-state index contributed by atoms with van der Waals surface area (Å²) in [6.07, 6.45) is 0. The molecule has 0 spiro atoms. The third kappa shape index (κ3) is 4.19. The lowest BCUT2D eigenvalue weighted by molar-refractivity contribution is 0.0624. The van der Waals surface area contributed by atoms with E-state index >= 15 is 0 Å². The van der Waals surface area contributed by atoms with E-state index in [0.717, 1.165) is 18.7 Å². The minimum atomic E-state index is 0.0690. The smallest absolute Gasteiger partial charge is 0.259 e. The first-order valence-electron chi connectivity index (χ1n) is 8.95. The van der Waals surface area contributed by atoms with Crippen molar-refractivity contribution < 1.29 is 9.32 Å². The van der Waals surface area contributed by atoms with Crippen LogP contribution >= 0.6 is 23.2 Å². The summed E-state index contributed by atoms with van der Waals surface area (Å²) >= 11 is 12.1. The molecule has 2 aromatic carbocycles. The van der Waals surface area contributed by atoms with Crippen LogP contribution in [0.3, 0.4) is 0 Å². The highest BCUT2D eigenvalue weighted by Gasteiger charge is 2.23. The van der Waals surface area contributed by atoms with Crippen molar-refractivity contribution in [1.29, 1.82) is 0 Å². The van der Waals surface area contributed by atoms with Gasteiger partial charge in [0, 0.05) is 36.8 Å². The van der Waals surface area contributed by atoms with Crippen LogP contribution in [-0.4, -0.2) is 52.0 Å². The predicted octanol–water partition coefficient (Wildman–Crippen LogP) is 4.00. The molecule has 0 bridgehead atoms. The molecule has 1 saturated heterocycles. The Labute approximate surface area is 172 Å². The zero-order valence-electron chi connectivity index (χ0n) is 15.0. The second-order valence-corrected chi connectivity index (χ2v) is 7.42. The van der Waals surface area contributed by atoms with Crippen molar-refractivity contribution in [3.05, 3.63) is 70.0 Å². The van der Waals surface area contributed by atoms with E-state index in [9.17, 15) is 4.79 Å². The summed E-state index contributed by atoms with van der Waals surface area (Å²) in [5, 5.41) is 5.07. The second kappa shape index (κ2) is 8.31. The molecule has 0 N–H and O–H groups in total. The molecule has 1 fully saturated rings. The number of amides is 1. The maximum atomic E-state index is 12.5. The molecule has 2 heterocycles. The lowest BCUT2D eigenvalue weighted by Gasteiger charge is -2.34. The van der Waals surface area contributed by atoms with Gasteiger partial charge in [-0.2, -0.15) is 4.98 Å². The van der Waals surface area contributed by atoms with Gasteiger partial charge in [0.25, 0.3) is 11.8 Å². The zero-order valence-corrected chi connectivity index (χ0v) is 16.5. The molecule has 144 valence electrons. The van der Waals surface area contributed by atoms with Crippen LogP contribution in [0.1, 0.15) is 16.2 Å². The lowest BCUT2D eigenvalue weighted by atomic mass is 10.2. The number of benzene rings is 2. The first-order valence-corrected chi connectivity index (χ1v) is 9.70. The molecule has 0 unspecified atom stereocenters. The summed E-state index contributed by atoms with van der Waals surface area (Å²) in [5.74, 6) is 1.03. The number of carbonyl (C=O) groups excluding carboxylic acids is 1. The lowest BCUT2D eigenvalue weighted by Crippen LogP contribution is -2.48. The molecule has 28 heavy (non-hydrogen) atoms. The number of aromatic nitrogens is 2. The largest absolute Gasteiger partial charge is 0.336 e. The summed E-state index contributed by atoms with van der Waals surface area (Å²) in [4.78, 5) is 21.0. The van der Waals surface area contributed by atoms with Gasteiger partial charge in [-0.15, -0.1) is 0 Å². The highest BCUT2D eigenvalue weighted by atomic mass is 35.5. The molecule has 0 radical (unpaired) electrons. The van der Waals surface area contributed by atoms with Crippen LogP contribution < -0.4 is 0 Å². The van der Waals surface area contributed by atoms with Gasteiger partial charge in [-0.3, -0.25) is 9.69 Å². The van der Waals surface area contributed by atoms with Gasteiger partial charge in [-0.1, -0.05) is 46.6 Å². The average molecular weight is 417 g/mol. The first-order chi connectivity index (χ1) is 13.6. The number of hydrogen-bond acceptors (Lipinski definition) is 5. The molecule has 1 aliphatic heterocycles. The standard InChI is InChI=1S/C20H18Cl2N4O2/c21-15-6-7-16(17(22)12-15)19-23-18(24-28-19)13-25-8-10-26(11-9-25)20(27)14-4-2-1-3-5-14/h1-7,12H,8-11,13H2. The van der Waals surface area contributed by atoms with E-state index in [0.29, 0.717) is 47.0 Å². The number of nitrogens with zero attached hydrogens (tertiary/aromatic N) is 4. The maximum Gasteiger partial charge on any atom is 0.259 e. The summed E-state index contributed by atoms with van der Waals surface area (Å²) < 4.78 is 5.35. The molecule has 0 saturated carbocycles. The summed E-state index contributed by atoms with van der Waals surface area (Å²) in [5.41, 5.74) is 1.38. The van der Waals surface area contributed by atoms with E-state index in [4.69, 9.17) is 27.7 Å². The van der Waals surface area contributed by atoms with Crippen LogP contribution in [0.2, 0.25) is 10.0 Å². The molecule has 3 aromatic rings. The van der Waals surface area contributed by atoms with E-state index in [-0.39, 0.29) is 5.91 Å². The Bertz CT molecular complexity index is 969. The molecule has 1 aromatic heterocycles. The molecule has 8 heteroatoms. The molecular formula is C20H18Cl2N4O2. The summed E-state index contributed by atoms with van der Waals surface area (Å²) in [6.45, 7) is 3.40. The van der Waals surface area contributed by atoms with Crippen molar-refractivity contribution in [3.8, 4) is 11.5 Å². The Morgan fingerprint density at radius 3 is 2.50 bits per heavy atom. The van der Waals surface area contributed by atoms with Gasteiger partial charge in [0.15, 0.2) is 5.82 Å². The first kappa shape index (κ1) is 18.9. The van der Waals surface area contributed by atoms with Gasteiger partial charge in [0.1, 0.15) is 0 Å². The van der Waals surface area contributed by atoms with Crippen molar-refractivity contribution in [3.63, 3.8) is 0 Å². The van der Waals surface area contributed by atoms with Crippen molar-refractivity contribution in [2.45, 2.75) is 6.54 Å². The third-order valence-corrected chi connectivity index (χ3v) is 5.22. The number of carbonyl (C=O) groups is 1. The van der Waals surface area contributed by atoms with Gasteiger partial charge in [0.05, 0.1) is 17.1 Å². The summed E-state index contributed by atoms with van der Waals surface area (Å²) in [7, 11) is 0. The highest BCUT2D eigenvalue weighted by molar-refractivity contribution is 6.36. The van der Waals surface area contributed by atoms with Crippen molar-refractivity contribution in [1.82, 2.24) is 19.9 Å². The van der Waals surface area contributed by atoms with Crippen molar-refractivity contribution in [2.75, 3.05) is 26.2 Å². The monoisotopic (exact) mass is 416 g/mol. The van der Waals surface area contributed by atoms with Crippen LogP contribution in [0.25, 0.3) is 11.5 Å². The molecule has 0 aliphatic carbocycles. The van der Waals surface area contributed by atoms with Gasteiger partial charge in [-0.05, 0) is 30.3 Å². The molecule has 1 amide bonds. The normalized spacial score (nSPS) is 15.0. The van der Waals surface area contributed by atoms with Gasteiger partial charge in [0.2, 0.25) is 0 Å². The van der Waals surface area contributed by atoms with E-state index in [1.165, 1.54) is 0 Å². The van der Waals surface area contributed by atoms with Crippen LogP contribution in [0.4, 0.5) is 0 Å². The molecule has 0 atom stereocenters. The fourth-order valence-electron chi connectivity index (χ4n) is 3.16. The van der Waals surface area contributed by atoms with Crippen molar-refractivity contribution in [2.24, 2.45) is 0 Å². The van der Waals surface area contributed by atoms with E-state index in [1.807, 2.05) is 35.2 Å². The topological polar surface area (TPSA) is 62.5 Å². The Hall–Kier alpha value is -2.41. The van der Waals surface area contributed by atoms with Crippen LogP contribution in [-0.2, 0) is 6.54 Å². The van der Waals surface area contributed by atoms with Crippen molar-refractivity contribution >= 4 is 29.1 Å². The van der Waals surface area contributed by atoms with Gasteiger partial charge in [-0.25, -0.2) is 0 Å². The second-order valence-electron chi connectivity index (χ2n) is 6.57. The number of halogens is 2. The molecule has 6 nitrogen and oxygen atoms in total. The zero-order chi connectivity index (χ0) is 19.5. The summed E-state index contributed by atoms with van der Waals surface area (Å²) in [6, 6.07) is 14.5. The Morgan fingerprint density at radius 1 is 1.04 bits per heavy atom. The molecular weight excluding hydrogens is 399 g/mol. The van der Waals surface area contributed by atoms with Crippen LogP contribution in [0.5, 0.6) is 0 Å². The highest BCUT2D eigenvalue weighted by Crippen LogP contribution is 2.29.